The zero-order valence-electron chi connectivity index (χ0n) is 17.4. The third-order valence-electron chi connectivity index (χ3n) is 6.85. The maximum Gasteiger partial charge on any atom is 0.329 e. The van der Waals surface area contributed by atoms with Crippen LogP contribution in [0.25, 0.3) is 11.0 Å². The molecule has 1 aromatic heterocycles. The van der Waals surface area contributed by atoms with Crippen LogP contribution in [0.1, 0.15) is 64.3 Å². The molecule has 1 aromatic carbocycles. The molecule has 1 saturated carbocycles. The van der Waals surface area contributed by atoms with Gasteiger partial charge in [-0.15, -0.1) is 0 Å². The van der Waals surface area contributed by atoms with Crippen molar-refractivity contribution < 1.29 is 0 Å². The molecule has 2 aromatic rings. The van der Waals surface area contributed by atoms with Crippen LogP contribution in [0.2, 0.25) is 0 Å². The fourth-order valence-corrected chi connectivity index (χ4v) is 5.38. The molecule has 2 aliphatic rings. The molecule has 0 bridgehead atoms. The first-order valence-electron chi connectivity index (χ1n) is 11.3. The van der Waals surface area contributed by atoms with Crippen LogP contribution in [0.3, 0.4) is 0 Å². The van der Waals surface area contributed by atoms with Gasteiger partial charge in [0, 0.05) is 26.2 Å². The van der Waals surface area contributed by atoms with E-state index in [1.54, 1.807) is 0 Å². The topological polar surface area (TPSA) is 30.2 Å². The van der Waals surface area contributed by atoms with Crippen LogP contribution >= 0.6 is 0 Å². The average Bonchev–Trinajstić information content (AvgIpc) is 2.95. The van der Waals surface area contributed by atoms with E-state index in [1.165, 1.54) is 57.1 Å². The van der Waals surface area contributed by atoms with Crippen LogP contribution in [-0.4, -0.2) is 33.7 Å². The summed E-state index contributed by atoms with van der Waals surface area (Å²) in [6, 6.07) is 8.31. The lowest BCUT2D eigenvalue weighted by atomic mass is 9.89. The number of benzene rings is 1. The van der Waals surface area contributed by atoms with Crippen molar-refractivity contribution in [1.82, 2.24) is 14.0 Å². The highest BCUT2D eigenvalue weighted by atomic mass is 16.1. The van der Waals surface area contributed by atoms with E-state index in [0.717, 1.165) is 36.5 Å². The van der Waals surface area contributed by atoms with Crippen LogP contribution in [-0.2, 0) is 6.54 Å². The summed E-state index contributed by atoms with van der Waals surface area (Å²) < 4.78 is 3.90. The number of rotatable bonds is 4. The summed E-state index contributed by atoms with van der Waals surface area (Å²) in [6.45, 7) is 10.4. The smallest absolute Gasteiger partial charge is 0.299 e. The number of aryl methyl sites for hydroxylation is 1. The van der Waals surface area contributed by atoms with Gasteiger partial charge in [-0.2, -0.15) is 0 Å². The van der Waals surface area contributed by atoms with Gasteiger partial charge in [-0.3, -0.25) is 14.0 Å². The molecule has 1 atom stereocenters. The van der Waals surface area contributed by atoms with Gasteiger partial charge in [0.15, 0.2) is 0 Å². The van der Waals surface area contributed by atoms with Crippen molar-refractivity contribution in [1.29, 1.82) is 0 Å². The number of aromatic nitrogens is 2. The minimum atomic E-state index is 0.114. The van der Waals surface area contributed by atoms with Gasteiger partial charge in [0.25, 0.3) is 0 Å². The molecule has 0 amide bonds. The molecule has 0 spiro atoms. The minimum Gasteiger partial charge on any atom is -0.299 e. The Kier molecular flexibility index (Phi) is 6.05. The van der Waals surface area contributed by atoms with E-state index in [1.807, 2.05) is 28.2 Å². The normalized spacial score (nSPS) is 23.0. The second-order valence-corrected chi connectivity index (χ2v) is 8.79. The lowest BCUT2D eigenvalue weighted by Crippen LogP contribution is -2.41. The zero-order valence-corrected chi connectivity index (χ0v) is 17.4. The summed E-state index contributed by atoms with van der Waals surface area (Å²) in [6.07, 6.45) is 10.8. The van der Waals surface area contributed by atoms with E-state index < -0.39 is 0 Å². The maximum atomic E-state index is 13.1. The van der Waals surface area contributed by atoms with E-state index in [4.69, 9.17) is 0 Å². The Hall–Kier alpha value is -1.81. The number of para-hydroxylation sites is 2. The first-order chi connectivity index (χ1) is 13.7. The lowest BCUT2D eigenvalue weighted by Gasteiger charge is -2.36. The number of nitrogens with zero attached hydrogens (tertiary/aromatic N) is 3. The monoisotopic (exact) mass is 381 g/mol. The lowest BCUT2D eigenvalue weighted by molar-refractivity contribution is 0.186. The Labute approximate surface area is 168 Å². The third-order valence-corrected chi connectivity index (χ3v) is 6.85. The summed E-state index contributed by atoms with van der Waals surface area (Å²) in [5.74, 6) is 0.842. The van der Waals surface area contributed by atoms with Gasteiger partial charge < -0.3 is 0 Å². The molecule has 1 aliphatic carbocycles. The second kappa shape index (κ2) is 8.69. The molecule has 4 nitrogen and oxygen atoms in total. The zero-order chi connectivity index (χ0) is 19.5. The summed E-state index contributed by atoms with van der Waals surface area (Å²) in [5.41, 5.74) is 3.40. The molecule has 152 valence electrons. The van der Waals surface area contributed by atoms with Gasteiger partial charge in [-0.25, -0.2) is 4.79 Å². The summed E-state index contributed by atoms with van der Waals surface area (Å²) >= 11 is 0. The molecule has 1 saturated heterocycles. The molecule has 0 radical (unpaired) electrons. The van der Waals surface area contributed by atoms with Crippen molar-refractivity contribution in [2.45, 2.75) is 70.9 Å². The molecular formula is C24H35N3O. The molecule has 2 fully saturated rings. The number of hydrogen-bond donors (Lipinski definition) is 0. The fraction of sp³-hybridized carbons (Fsp3) is 0.625. The molecule has 1 aliphatic heterocycles. The van der Waals surface area contributed by atoms with Crippen LogP contribution in [0.15, 0.2) is 41.2 Å². The van der Waals surface area contributed by atoms with Crippen molar-refractivity contribution in [2.24, 2.45) is 5.92 Å². The highest BCUT2D eigenvalue weighted by molar-refractivity contribution is 5.76. The molecule has 0 N–H and O–H groups in total. The van der Waals surface area contributed by atoms with Crippen LogP contribution in [0.4, 0.5) is 0 Å². The van der Waals surface area contributed by atoms with Crippen LogP contribution in [0.5, 0.6) is 0 Å². The van der Waals surface area contributed by atoms with Gasteiger partial charge in [0.2, 0.25) is 0 Å². The fourth-order valence-electron chi connectivity index (χ4n) is 5.38. The van der Waals surface area contributed by atoms with Gasteiger partial charge >= 0.3 is 5.69 Å². The standard InChI is InChI=1S/C24H35N3O/c1-3-26-22-13-9-10-14-23(22)27(24(26)28)21-15-16-25(17-19(21)2)18-20-11-7-5-4-6-8-12-20/h9-10,13-14,20-21H,2-8,11-12,15-18H2,1H3. The van der Waals surface area contributed by atoms with E-state index in [9.17, 15) is 4.79 Å². The van der Waals surface area contributed by atoms with Crippen molar-refractivity contribution in [3.8, 4) is 0 Å². The van der Waals surface area contributed by atoms with Crippen LogP contribution < -0.4 is 5.69 Å². The van der Waals surface area contributed by atoms with Gasteiger partial charge in [-0.1, -0.05) is 50.8 Å². The molecular weight excluding hydrogens is 346 g/mol. The first-order valence-corrected chi connectivity index (χ1v) is 11.3. The summed E-state index contributed by atoms with van der Waals surface area (Å²) in [5, 5.41) is 0. The third kappa shape index (κ3) is 3.84. The van der Waals surface area contributed by atoms with E-state index in [2.05, 4.69) is 23.6 Å². The predicted octanol–water partition coefficient (Wildman–Crippen LogP) is 4.99. The molecule has 1 unspecified atom stereocenters. The van der Waals surface area contributed by atoms with E-state index in [-0.39, 0.29) is 11.7 Å². The number of imidazole rings is 1. The Morgan fingerprint density at radius 1 is 1.00 bits per heavy atom. The predicted molar refractivity (Wildman–Crippen MR) is 117 cm³/mol. The number of piperidine rings is 1. The Morgan fingerprint density at radius 2 is 1.68 bits per heavy atom. The minimum absolute atomic E-state index is 0.114. The second-order valence-electron chi connectivity index (χ2n) is 8.79. The van der Waals surface area contributed by atoms with Gasteiger partial charge in [0.05, 0.1) is 17.1 Å². The SMILES string of the molecule is C=C1CN(CC2CCCCCCC2)CCC1n1c(=O)n(CC)c2ccccc21. The summed E-state index contributed by atoms with van der Waals surface area (Å²) in [4.78, 5) is 15.7. The number of likely N-dealkylation sites (tertiary alicyclic amines) is 1. The van der Waals surface area contributed by atoms with Crippen LogP contribution in [0, 0.1) is 5.92 Å². The largest absolute Gasteiger partial charge is 0.329 e. The number of hydrogen-bond acceptors (Lipinski definition) is 2. The highest BCUT2D eigenvalue weighted by Crippen LogP contribution is 2.31. The molecule has 28 heavy (non-hydrogen) atoms. The molecule has 4 heteroatoms. The Balaban J connectivity index is 1.49. The van der Waals surface area contributed by atoms with Crippen molar-refractivity contribution in [3.05, 3.63) is 46.9 Å². The van der Waals surface area contributed by atoms with Crippen molar-refractivity contribution >= 4 is 11.0 Å². The summed E-state index contributed by atoms with van der Waals surface area (Å²) in [7, 11) is 0. The van der Waals surface area contributed by atoms with E-state index in [0.29, 0.717) is 6.54 Å². The quantitative estimate of drug-likeness (QED) is 0.699. The van der Waals surface area contributed by atoms with E-state index >= 15 is 0 Å². The molecule has 2 heterocycles. The Morgan fingerprint density at radius 3 is 2.36 bits per heavy atom. The first kappa shape index (κ1) is 19.5. The van der Waals surface area contributed by atoms with Crippen molar-refractivity contribution in [3.63, 3.8) is 0 Å². The van der Waals surface area contributed by atoms with Gasteiger partial charge in [-0.05, 0) is 49.8 Å². The average molecular weight is 382 g/mol. The number of fused-ring (bicyclic) bond motifs is 1. The van der Waals surface area contributed by atoms with Crippen molar-refractivity contribution in [2.75, 3.05) is 19.6 Å². The van der Waals surface area contributed by atoms with Gasteiger partial charge in [0.1, 0.15) is 0 Å². The molecule has 4 rings (SSSR count). The Bertz CT molecular complexity index is 870. The maximum absolute atomic E-state index is 13.1. The highest BCUT2D eigenvalue weighted by Gasteiger charge is 2.28.